The van der Waals surface area contributed by atoms with Gasteiger partial charge in [0.1, 0.15) is 0 Å². The molecule has 0 fully saturated rings. The third-order valence-electron chi connectivity index (χ3n) is 2.77. The molecule has 78 valence electrons. The Morgan fingerprint density at radius 1 is 1.57 bits per heavy atom. The molecule has 1 aliphatic rings. The van der Waals surface area contributed by atoms with Crippen molar-refractivity contribution in [2.24, 2.45) is 13.0 Å². The van der Waals surface area contributed by atoms with E-state index in [1.165, 1.54) is 5.56 Å². The summed E-state index contributed by atoms with van der Waals surface area (Å²) in [6.07, 6.45) is 0. The first-order valence-corrected chi connectivity index (χ1v) is 4.98. The number of nitrogens with one attached hydrogen (secondary N) is 1. The molecule has 0 saturated carbocycles. The van der Waals surface area contributed by atoms with Gasteiger partial charge in [-0.3, -0.25) is 0 Å². The van der Waals surface area contributed by atoms with E-state index in [4.69, 9.17) is 4.74 Å². The van der Waals surface area contributed by atoms with Gasteiger partial charge < -0.3 is 10.1 Å². The van der Waals surface area contributed by atoms with E-state index in [9.17, 15) is 0 Å². The van der Waals surface area contributed by atoms with E-state index >= 15 is 0 Å². The third kappa shape index (κ3) is 1.21. The van der Waals surface area contributed by atoms with Crippen molar-refractivity contribution in [3.63, 3.8) is 0 Å². The predicted octanol–water partition coefficient (Wildman–Crippen LogP) is 1.23. The van der Waals surface area contributed by atoms with Crippen molar-refractivity contribution in [1.29, 1.82) is 0 Å². The van der Waals surface area contributed by atoms with E-state index in [1.54, 1.807) is 7.11 Å². The summed E-state index contributed by atoms with van der Waals surface area (Å²) in [5, 5.41) is 7.94. The monoisotopic (exact) mass is 195 g/mol. The normalized spacial score (nSPS) is 20.2. The molecule has 0 spiro atoms. The molecule has 4 heteroatoms. The van der Waals surface area contributed by atoms with Crippen molar-refractivity contribution in [3.8, 4) is 5.88 Å². The maximum Gasteiger partial charge on any atom is 0.216 e. The standard InChI is InChI=1S/C10H17N3O/c1-6(2)8-9-7(5-11-8)10(14-4)13(3)12-9/h6,8,11H,5H2,1-4H3. The summed E-state index contributed by atoms with van der Waals surface area (Å²) in [7, 11) is 3.62. The average Bonchev–Trinajstić information content (AvgIpc) is 2.61. The maximum absolute atomic E-state index is 5.32. The van der Waals surface area contributed by atoms with E-state index < -0.39 is 0 Å². The number of methoxy groups -OCH3 is 1. The van der Waals surface area contributed by atoms with Gasteiger partial charge in [0, 0.05) is 13.6 Å². The number of rotatable bonds is 2. The molecule has 0 radical (unpaired) electrons. The fraction of sp³-hybridized carbons (Fsp3) is 0.700. The second-order valence-electron chi connectivity index (χ2n) is 4.10. The number of hydrogen-bond acceptors (Lipinski definition) is 3. The lowest BCUT2D eigenvalue weighted by atomic mass is 10.0. The van der Waals surface area contributed by atoms with Gasteiger partial charge in [0.05, 0.1) is 24.4 Å². The van der Waals surface area contributed by atoms with Crippen molar-refractivity contribution < 1.29 is 4.74 Å². The van der Waals surface area contributed by atoms with Crippen LogP contribution in [0.15, 0.2) is 0 Å². The molecule has 0 aliphatic carbocycles. The summed E-state index contributed by atoms with van der Waals surface area (Å²) in [4.78, 5) is 0. The quantitative estimate of drug-likeness (QED) is 0.771. The molecule has 1 aliphatic heterocycles. The lowest BCUT2D eigenvalue weighted by Gasteiger charge is -2.13. The molecule has 4 nitrogen and oxygen atoms in total. The molecule has 1 N–H and O–H groups in total. The molecule has 1 aromatic rings. The first-order valence-electron chi connectivity index (χ1n) is 4.98. The average molecular weight is 195 g/mol. The van der Waals surface area contributed by atoms with E-state index in [0.717, 1.165) is 18.1 Å². The van der Waals surface area contributed by atoms with Crippen LogP contribution in [0.25, 0.3) is 0 Å². The smallest absolute Gasteiger partial charge is 0.216 e. The molecular formula is C10H17N3O. The lowest BCUT2D eigenvalue weighted by Crippen LogP contribution is -2.19. The highest BCUT2D eigenvalue weighted by Gasteiger charge is 2.31. The maximum atomic E-state index is 5.32. The van der Waals surface area contributed by atoms with Crippen molar-refractivity contribution in [2.75, 3.05) is 7.11 Å². The second kappa shape index (κ2) is 3.28. The summed E-state index contributed by atoms with van der Waals surface area (Å²) in [5.41, 5.74) is 2.37. The van der Waals surface area contributed by atoms with Crippen LogP contribution in [-0.2, 0) is 13.6 Å². The zero-order chi connectivity index (χ0) is 10.3. The fourth-order valence-corrected chi connectivity index (χ4v) is 2.10. The van der Waals surface area contributed by atoms with Crippen LogP contribution < -0.4 is 10.1 Å². The van der Waals surface area contributed by atoms with Crippen molar-refractivity contribution in [3.05, 3.63) is 11.3 Å². The molecular weight excluding hydrogens is 178 g/mol. The van der Waals surface area contributed by atoms with Crippen molar-refractivity contribution in [1.82, 2.24) is 15.1 Å². The lowest BCUT2D eigenvalue weighted by molar-refractivity contribution is 0.362. The Kier molecular flexibility index (Phi) is 2.23. The minimum absolute atomic E-state index is 0.375. The predicted molar refractivity (Wildman–Crippen MR) is 54.2 cm³/mol. The highest BCUT2D eigenvalue weighted by Crippen LogP contribution is 2.34. The number of aryl methyl sites for hydroxylation is 1. The highest BCUT2D eigenvalue weighted by molar-refractivity contribution is 5.37. The Balaban J connectivity index is 2.42. The summed E-state index contributed by atoms with van der Waals surface area (Å²) < 4.78 is 7.14. The van der Waals surface area contributed by atoms with Gasteiger partial charge in [0.2, 0.25) is 5.88 Å². The molecule has 1 atom stereocenters. The molecule has 0 aromatic carbocycles. The SMILES string of the molecule is COc1c2c(nn1C)C(C(C)C)NC2. The van der Waals surface area contributed by atoms with Gasteiger partial charge in [0.15, 0.2) is 0 Å². The van der Waals surface area contributed by atoms with E-state index in [1.807, 2.05) is 11.7 Å². The summed E-state index contributed by atoms with van der Waals surface area (Å²) in [5.74, 6) is 1.45. The van der Waals surface area contributed by atoms with E-state index in [-0.39, 0.29) is 0 Å². The van der Waals surface area contributed by atoms with Crippen LogP contribution in [0.3, 0.4) is 0 Å². The number of aromatic nitrogens is 2. The van der Waals surface area contributed by atoms with Crippen LogP contribution in [0.4, 0.5) is 0 Å². The van der Waals surface area contributed by atoms with Gasteiger partial charge in [-0.2, -0.15) is 5.10 Å². The van der Waals surface area contributed by atoms with Crippen LogP contribution in [0.5, 0.6) is 5.88 Å². The number of ether oxygens (including phenoxy) is 1. The van der Waals surface area contributed by atoms with Gasteiger partial charge in [-0.05, 0) is 5.92 Å². The van der Waals surface area contributed by atoms with E-state index in [0.29, 0.717) is 12.0 Å². The van der Waals surface area contributed by atoms with E-state index in [2.05, 4.69) is 24.3 Å². The zero-order valence-electron chi connectivity index (χ0n) is 9.16. The molecule has 1 unspecified atom stereocenters. The summed E-state index contributed by atoms with van der Waals surface area (Å²) >= 11 is 0. The van der Waals surface area contributed by atoms with Gasteiger partial charge >= 0.3 is 0 Å². The second-order valence-corrected chi connectivity index (χ2v) is 4.10. The Morgan fingerprint density at radius 3 is 2.86 bits per heavy atom. The summed E-state index contributed by atoms with van der Waals surface area (Å²) in [6, 6.07) is 0.375. The highest BCUT2D eigenvalue weighted by atomic mass is 16.5. The van der Waals surface area contributed by atoms with Gasteiger partial charge in [-0.15, -0.1) is 0 Å². The van der Waals surface area contributed by atoms with Crippen molar-refractivity contribution >= 4 is 0 Å². The molecule has 2 rings (SSSR count). The first-order chi connectivity index (χ1) is 6.65. The van der Waals surface area contributed by atoms with Gasteiger partial charge in [-0.1, -0.05) is 13.8 Å². The zero-order valence-corrected chi connectivity index (χ0v) is 9.16. The molecule has 1 aromatic heterocycles. The summed E-state index contributed by atoms with van der Waals surface area (Å²) in [6.45, 7) is 5.27. The third-order valence-corrected chi connectivity index (χ3v) is 2.77. The Hall–Kier alpha value is -1.03. The number of fused-ring (bicyclic) bond motifs is 1. The minimum atomic E-state index is 0.375. The first kappa shape index (κ1) is 9.52. The Bertz CT molecular complexity index is 343. The molecule has 0 bridgehead atoms. The Morgan fingerprint density at radius 2 is 2.29 bits per heavy atom. The molecule has 0 saturated heterocycles. The van der Waals surface area contributed by atoms with Crippen LogP contribution in [0.2, 0.25) is 0 Å². The van der Waals surface area contributed by atoms with Crippen LogP contribution in [0.1, 0.15) is 31.1 Å². The number of hydrogen-bond donors (Lipinski definition) is 1. The van der Waals surface area contributed by atoms with Crippen LogP contribution in [-0.4, -0.2) is 16.9 Å². The van der Waals surface area contributed by atoms with Crippen LogP contribution in [0, 0.1) is 5.92 Å². The molecule has 14 heavy (non-hydrogen) atoms. The topological polar surface area (TPSA) is 39.1 Å². The molecule has 0 amide bonds. The van der Waals surface area contributed by atoms with Crippen LogP contribution >= 0.6 is 0 Å². The number of nitrogens with zero attached hydrogens (tertiary/aromatic N) is 2. The fourth-order valence-electron chi connectivity index (χ4n) is 2.10. The van der Waals surface area contributed by atoms with Gasteiger partial charge in [0.25, 0.3) is 0 Å². The van der Waals surface area contributed by atoms with Crippen molar-refractivity contribution in [2.45, 2.75) is 26.4 Å². The molecule has 2 heterocycles. The van der Waals surface area contributed by atoms with Gasteiger partial charge in [-0.25, -0.2) is 4.68 Å². The minimum Gasteiger partial charge on any atom is -0.481 e. The Labute approximate surface area is 84.3 Å². The largest absolute Gasteiger partial charge is 0.481 e.